The molecule has 0 saturated carbocycles. The predicted molar refractivity (Wildman–Crippen MR) is 118 cm³/mol. The molecule has 0 aliphatic carbocycles. The maximum atomic E-state index is 12.4. The second-order valence-electron chi connectivity index (χ2n) is 6.55. The quantitative estimate of drug-likeness (QED) is 0.508. The van der Waals surface area contributed by atoms with Gasteiger partial charge in [-0.25, -0.2) is 8.42 Å². The number of hydrogen-bond donors (Lipinski definition) is 2. The monoisotopic (exact) mass is 444 g/mol. The fraction of sp³-hybridized carbons (Fsp3) is 0.136. The Hall–Kier alpha value is -3.03. The van der Waals surface area contributed by atoms with Crippen LogP contribution in [0, 0.1) is 6.92 Å². The Balaban J connectivity index is 1.51. The van der Waals surface area contributed by atoms with Crippen LogP contribution in [0.1, 0.15) is 15.9 Å². The minimum absolute atomic E-state index is 0.0993. The normalized spacial score (nSPS) is 11.0. The van der Waals surface area contributed by atoms with Crippen molar-refractivity contribution in [1.82, 2.24) is 5.32 Å². The molecular weight excluding hydrogens is 424 g/mol. The van der Waals surface area contributed by atoms with Gasteiger partial charge >= 0.3 is 0 Å². The first kappa shape index (κ1) is 21.7. The topological polar surface area (TPSA) is 84.5 Å². The van der Waals surface area contributed by atoms with E-state index in [4.69, 9.17) is 16.3 Å². The summed E-state index contributed by atoms with van der Waals surface area (Å²) in [5, 5.41) is 3.22. The summed E-state index contributed by atoms with van der Waals surface area (Å²) in [6.07, 6.45) is 0. The number of carbonyl (C=O) groups excluding carboxylic acids is 1. The molecule has 6 nitrogen and oxygen atoms in total. The summed E-state index contributed by atoms with van der Waals surface area (Å²) in [4.78, 5) is 12.3. The van der Waals surface area contributed by atoms with Crippen LogP contribution in [-0.2, 0) is 10.0 Å². The molecule has 3 aromatic rings. The van der Waals surface area contributed by atoms with Crippen LogP contribution in [0.3, 0.4) is 0 Å². The molecule has 3 aromatic carbocycles. The molecule has 0 unspecified atom stereocenters. The van der Waals surface area contributed by atoms with Gasteiger partial charge in [0.25, 0.3) is 15.9 Å². The van der Waals surface area contributed by atoms with Crippen LogP contribution < -0.4 is 14.8 Å². The summed E-state index contributed by atoms with van der Waals surface area (Å²) in [6, 6.07) is 19.7. The van der Waals surface area contributed by atoms with Gasteiger partial charge in [0.05, 0.1) is 11.4 Å². The summed E-state index contributed by atoms with van der Waals surface area (Å²) in [5.74, 6) is 0.474. The van der Waals surface area contributed by atoms with Crippen LogP contribution in [0.25, 0.3) is 0 Å². The predicted octanol–water partition coefficient (Wildman–Crippen LogP) is 4.26. The smallest absolute Gasteiger partial charge is 0.261 e. The van der Waals surface area contributed by atoms with E-state index in [0.29, 0.717) is 29.4 Å². The van der Waals surface area contributed by atoms with Gasteiger partial charge in [0.1, 0.15) is 12.4 Å². The van der Waals surface area contributed by atoms with E-state index in [1.807, 2.05) is 31.2 Å². The molecule has 0 radical (unpaired) electrons. The van der Waals surface area contributed by atoms with Crippen molar-refractivity contribution in [3.8, 4) is 5.75 Å². The number of nitrogens with one attached hydrogen (secondary N) is 2. The first-order chi connectivity index (χ1) is 14.3. The highest BCUT2D eigenvalue weighted by Gasteiger charge is 2.14. The van der Waals surface area contributed by atoms with Gasteiger partial charge in [0.15, 0.2) is 0 Å². The molecule has 0 aliphatic heterocycles. The van der Waals surface area contributed by atoms with E-state index in [0.717, 1.165) is 11.3 Å². The summed E-state index contributed by atoms with van der Waals surface area (Å²) in [7, 11) is -3.74. The van der Waals surface area contributed by atoms with E-state index < -0.39 is 10.0 Å². The third kappa shape index (κ3) is 5.98. The highest BCUT2D eigenvalue weighted by molar-refractivity contribution is 7.92. The van der Waals surface area contributed by atoms with Crippen molar-refractivity contribution in [3.05, 3.63) is 88.9 Å². The zero-order valence-corrected chi connectivity index (χ0v) is 17.8. The molecule has 30 heavy (non-hydrogen) atoms. The molecule has 2 N–H and O–H groups in total. The van der Waals surface area contributed by atoms with E-state index in [1.54, 1.807) is 12.1 Å². The lowest BCUT2D eigenvalue weighted by Crippen LogP contribution is -2.28. The van der Waals surface area contributed by atoms with Gasteiger partial charge < -0.3 is 10.1 Å². The van der Waals surface area contributed by atoms with Crippen LogP contribution in [-0.4, -0.2) is 27.5 Å². The van der Waals surface area contributed by atoms with Crippen molar-refractivity contribution in [2.45, 2.75) is 11.8 Å². The van der Waals surface area contributed by atoms with E-state index in [9.17, 15) is 13.2 Å². The first-order valence-electron chi connectivity index (χ1n) is 9.20. The molecule has 8 heteroatoms. The Morgan fingerprint density at radius 3 is 2.20 bits per heavy atom. The van der Waals surface area contributed by atoms with Gasteiger partial charge in [0, 0.05) is 16.3 Å². The number of halogens is 1. The second-order valence-corrected chi connectivity index (χ2v) is 8.67. The molecule has 1 amide bonds. The Bertz CT molecular complexity index is 1100. The van der Waals surface area contributed by atoms with Gasteiger partial charge in [-0.15, -0.1) is 0 Å². The molecule has 0 aliphatic rings. The summed E-state index contributed by atoms with van der Waals surface area (Å²) in [5.41, 5.74) is 1.92. The molecule has 0 aromatic heterocycles. The van der Waals surface area contributed by atoms with E-state index >= 15 is 0 Å². The Labute approximate surface area is 180 Å². The molecule has 0 bridgehead atoms. The maximum absolute atomic E-state index is 12.4. The maximum Gasteiger partial charge on any atom is 0.261 e. The molecule has 0 fully saturated rings. The fourth-order valence-electron chi connectivity index (χ4n) is 2.59. The zero-order valence-electron chi connectivity index (χ0n) is 16.3. The average Bonchev–Trinajstić information content (AvgIpc) is 2.73. The number of hydrogen-bond acceptors (Lipinski definition) is 4. The first-order valence-corrected chi connectivity index (χ1v) is 11.1. The number of amides is 1. The van der Waals surface area contributed by atoms with Crippen LogP contribution in [0.2, 0.25) is 5.02 Å². The van der Waals surface area contributed by atoms with E-state index in [-0.39, 0.29) is 10.8 Å². The summed E-state index contributed by atoms with van der Waals surface area (Å²) < 4.78 is 32.8. The number of anilines is 1. The van der Waals surface area contributed by atoms with Gasteiger partial charge in [-0.2, -0.15) is 0 Å². The largest absolute Gasteiger partial charge is 0.492 e. The summed E-state index contributed by atoms with van der Waals surface area (Å²) in [6.45, 7) is 2.68. The highest BCUT2D eigenvalue weighted by atomic mass is 35.5. The lowest BCUT2D eigenvalue weighted by molar-refractivity contribution is 0.0947. The van der Waals surface area contributed by atoms with Crippen LogP contribution >= 0.6 is 11.6 Å². The number of sulfonamides is 1. The van der Waals surface area contributed by atoms with Crippen LogP contribution in [0.4, 0.5) is 5.69 Å². The number of benzene rings is 3. The molecular formula is C22H21ClN2O4S. The SMILES string of the molecule is Cc1ccc(OCCNC(=O)c2ccc(NS(=O)(=O)c3ccc(Cl)cc3)cc2)cc1. The average molecular weight is 445 g/mol. The minimum atomic E-state index is -3.74. The highest BCUT2D eigenvalue weighted by Crippen LogP contribution is 2.19. The number of rotatable bonds is 8. The molecule has 0 atom stereocenters. The standard InChI is InChI=1S/C22H21ClN2O4S/c1-16-2-10-20(11-3-16)29-15-14-24-22(26)17-4-8-19(9-5-17)25-30(27,28)21-12-6-18(23)7-13-21/h2-13,25H,14-15H2,1H3,(H,24,26). The molecule has 3 rings (SSSR count). The van der Waals surface area contributed by atoms with Crippen molar-refractivity contribution in [1.29, 1.82) is 0 Å². The van der Waals surface area contributed by atoms with Crippen LogP contribution in [0.5, 0.6) is 5.75 Å². The lowest BCUT2D eigenvalue weighted by atomic mass is 10.2. The molecule has 0 heterocycles. The Morgan fingerprint density at radius 2 is 1.57 bits per heavy atom. The third-order valence-electron chi connectivity index (χ3n) is 4.20. The molecule has 156 valence electrons. The zero-order chi connectivity index (χ0) is 21.6. The van der Waals surface area contributed by atoms with E-state index in [2.05, 4.69) is 10.0 Å². The van der Waals surface area contributed by atoms with Crippen molar-refractivity contribution < 1.29 is 17.9 Å². The van der Waals surface area contributed by atoms with Gasteiger partial charge in [-0.1, -0.05) is 29.3 Å². The van der Waals surface area contributed by atoms with Gasteiger partial charge in [0.2, 0.25) is 0 Å². The molecule has 0 saturated heterocycles. The van der Waals surface area contributed by atoms with Crippen molar-refractivity contribution in [2.75, 3.05) is 17.9 Å². The number of carbonyl (C=O) groups is 1. The summed E-state index contributed by atoms with van der Waals surface area (Å²) >= 11 is 5.79. The van der Waals surface area contributed by atoms with Crippen molar-refractivity contribution >= 4 is 33.2 Å². The Morgan fingerprint density at radius 1 is 0.933 bits per heavy atom. The second kappa shape index (κ2) is 9.65. The van der Waals surface area contributed by atoms with Gasteiger partial charge in [-0.05, 0) is 67.6 Å². The molecule has 0 spiro atoms. The van der Waals surface area contributed by atoms with E-state index in [1.165, 1.54) is 36.4 Å². The third-order valence-corrected chi connectivity index (χ3v) is 5.85. The number of aryl methyl sites for hydroxylation is 1. The number of ether oxygens (including phenoxy) is 1. The van der Waals surface area contributed by atoms with Crippen LogP contribution in [0.15, 0.2) is 77.7 Å². The lowest BCUT2D eigenvalue weighted by Gasteiger charge is -2.10. The Kier molecular flexibility index (Phi) is 6.97. The van der Waals surface area contributed by atoms with Crippen molar-refractivity contribution in [2.24, 2.45) is 0 Å². The minimum Gasteiger partial charge on any atom is -0.492 e. The van der Waals surface area contributed by atoms with Gasteiger partial charge in [-0.3, -0.25) is 9.52 Å². The van der Waals surface area contributed by atoms with Crippen molar-refractivity contribution in [3.63, 3.8) is 0 Å². The fourth-order valence-corrected chi connectivity index (χ4v) is 3.77.